The third-order valence-electron chi connectivity index (χ3n) is 3.86. The first kappa shape index (κ1) is 13.8. The monoisotopic (exact) mass is 258 g/mol. The normalized spacial score (nSPS) is 12.7. The Bertz CT molecular complexity index is 572. The summed E-state index contributed by atoms with van der Waals surface area (Å²) in [5, 5.41) is 4.28. The SMILES string of the molecule is Cc1ccc(CC(NN)c2cnn(C)c2C)cc1C. The fourth-order valence-corrected chi connectivity index (χ4v) is 2.28. The van der Waals surface area contributed by atoms with Crippen molar-refractivity contribution in [3.05, 3.63) is 52.3 Å². The van der Waals surface area contributed by atoms with Crippen molar-refractivity contribution >= 4 is 0 Å². The standard InChI is InChI=1S/C15H22N4/c1-10-5-6-13(7-11(10)2)8-15(18-16)14-9-17-19(4)12(14)3/h5-7,9,15,18H,8,16H2,1-4H3. The third kappa shape index (κ3) is 2.85. The molecule has 2 rings (SSSR count). The van der Waals surface area contributed by atoms with Gasteiger partial charge in [0.05, 0.1) is 12.2 Å². The van der Waals surface area contributed by atoms with Crippen molar-refractivity contribution in [2.24, 2.45) is 12.9 Å². The minimum Gasteiger partial charge on any atom is -0.273 e. The molecular weight excluding hydrogens is 236 g/mol. The summed E-state index contributed by atoms with van der Waals surface area (Å²) in [5.74, 6) is 5.71. The highest BCUT2D eigenvalue weighted by Crippen LogP contribution is 2.21. The van der Waals surface area contributed by atoms with Gasteiger partial charge in [-0.25, -0.2) is 0 Å². The molecule has 0 saturated heterocycles. The van der Waals surface area contributed by atoms with Crippen LogP contribution in [-0.4, -0.2) is 9.78 Å². The molecule has 2 aromatic rings. The molecule has 0 fully saturated rings. The lowest BCUT2D eigenvalue weighted by atomic mass is 9.97. The molecule has 0 radical (unpaired) electrons. The van der Waals surface area contributed by atoms with Crippen molar-refractivity contribution in [2.45, 2.75) is 33.2 Å². The Kier molecular flexibility index (Phi) is 4.02. The minimum absolute atomic E-state index is 0.0933. The van der Waals surface area contributed by atoms with Gasteiger partial charge < -0.3 is 0 Å². The summed E-state index contributed by atoms with van der Waals surface area (Å²) in [4.78, 5) is 0. The first-order valence-corrected chi connectivity index (χ1v) is 6.53. The Morgan fingerprint density at radius 3 is 2.53 bits per heavy atom. The summed E-state index contributed by atoms with van der Waals surface area (Å²) in [6, 6.07) is 6.65. The zero-order valence-electron chi connectivity index (χ0n) is 12.1. The number of hydrazine groups is 1. The molecule has 0 bridgehead atoms. The first-order chi connectivity index (χ1) is 9.02. The van der Waals surface area contributed by atoms with E-state index in [2.05, 4.69) is 49.5 Å². The summed E-state index contributed by atoms with van der Waals surface area (Å²) in [6.07, 6.45) is 2.76. The molecule has 0 amide bonds. The highest BCUT2D eigenvalue weighted by atomic mass is 15.3. The molecule has 0 aliphatic heterocycles. The second-order valence-electron chi connectivity index (χ2n) is 5.15. The van der Waals surface area contributed by atoms with Gasteiger partial charge in [-0.1, -0.05) is 18.2 Å². The van der Waals surface area contributed by atoms with E-state index in [-0.39, 0.29) is 6.04 Å². The van der Waals surface area contributed by atoms with E-state index < -0.39 is 0 Å². The van der Waals surface area contributed by atoms with Crippen LogP contribution in [0.25, 0.3) is 0 Å². The molecule has 0 spiro atoms. The van der Waals surface area contributed by atoms with E-state index in [0.29, 0.717) is 0 Å². The van der Waals surface area contributed by atoms with E-state index in [1.54, 1.807) is 0 Å². The molecule has 4 heteroatoms. The second-order valence-corrected chi connectivity index (χ2v) is 5.15. The number of nitrogens with two attached hydrogens (primary N) is 1. The molecule has 19 heavy (non-hydrogen) atoms. The van der Waals surface area contributed by atoms with Crippen molar-refractivity contribution in [3.63, 3.8) is 0 Å². The highest BCUT2D eigenvalue weighted by molar-refractivity contribution is 5.32. The molecule has 0 saturated carbocycles. The van der Waals surface area contributed by atoms with Crippen molar-refractivity contribution in [3.8, 4) is 0 Å². The quantitative estimate of drug-likeness (QED) is 0.652. The molecular formula is C15H22N4. The molecule has 1 aromatic heterocycles. The summed E-state index contributed by atoms with van der Waals surface area (Å²) in [6.45, 7) is 6.33. The summed E-state index contributed by atoms with van der Waals surface area (Å²) >= 11 is 0. The van der Waals surface area contributed by atoms with Crippen molar-refractivity contribution in [1.82, 2.24) is 15.2 Å². The Labute approximate surface area is 114 Å². The van der Waals surface area contributed by atoms with Crippen LogP contribution in [0.2, 0.25) is 0 Å². The maximum absolute atomic E-state index is 5.71. The van der Waals surface area contributed by atoms with E-state index in [4.69, 9.17) is 5.84 Å². The zero-order valence-corrected chi connectivity index (χ0v) is 12.1. The average Bonchev–Trinajstić information content (AvgIpc) is 2.72. The minimum atomic E-state index is 0.0933. The molecule has 4 nitrogen and oxygen atoms in total. The predicted octanol–water partition coefficient (Wildman–Crippen LogP) is 2.09. The molecule has 1 unspecified atom stereocenters. The highest BCUT2D eigenvalue weighted by Gasteiger charge is 2.16. The van der Waals surface area contributed by atoms with Gasteiger partial charge in [0.2, 0.25) is 0 Å². The van der Waals surface area contributed by atoms with Crippen LogP contribution in [0.4, 0.5) is 0 Å². The lowest BCUT2D eigenvalue weighted by Gasteiger charge is -2.16. The van der Waals surface area contributed by atoms with E-state index in [0.717, 1.165) is 17.7 Å². The largest absolute Gasteiger partial charge is 0.273 e. The first-order valence-electron chi connectivity index (χ1n) is 6.53. The molecule has 102 valence electrons. The lowest BCUT2D eigenvalue weighted by molar-refractivity contribution is 0.547. The fourth-order valence-electron chi connectivity index (χ4n) is 2.28. The summed E-state index contributed by atoms with van der Waals surface area (Å²) in [5.41, 5.74) is 9.12. The number of nitrogens with one attached hydrogen (secondary N) is 1. The average molecular weight is 258 g/mol. The Morgan fingerprint density at radius 1 is 1.26 bits per heavy atom. The maximum atomic E-state index is 5.71. The Hall–Kier alpha value is -1.65. The van der Waals surface area contributed by atoms with Crippen molar-refractivity contribution in [1.29, 1.82) is 0 Å². The van der Waals surface area contributed by atoms with Gasteiger partial charge in [-0.2, -0.15) is 5.10 Å². The van der Waals surface area contributed by atoms with Crippen molar-refractivity contribution in [2.75, 3.05) is 0 Å². The van der Waals surface area contributed by atoms with E-state index in [1.807, 2.05) is 17.9 Å². The second kappa shape index (κ2) is 5.55. The zero-order chi connectivity index (χ0) is 14.0. The Balaban J connectivity index is 2.24. The third-order valence-corrected chi connectivity index (χ3v) is 3.86. The molecule has 0 aliphatic carbocycles. The summed E-state index contributed by atoms with van der Waals surface area (Å²) < 4.78 is 1.88. The van der Waals surface area contributed by atoms with Gasteiger partial charge in [0, 0.05) is 18.3 Å². The van der Waals surface area contributed by atoms with E-state index in [9.17, 15) is 0 Å². The summed E-state index contributed by atoms with van der Waals surface area (Å²) in [7, 11) is 1.95. The fraction of sp³-hybridized carbons (Fsp3) is 0.400. The number of aryl methyl sites for hydroxylation is 3. The van der Waals surface area contributed by atoms with Crippen LogP contribution in [0.5, 0.6) is 0 Å². The van der Waals surface area contributed by atoms with Gasteiger partial charge in [0.15, 0.2) is 0 Å². The molecule has 1 atom stereocenters. The van der Waals surface area contributed by atoms with Crippen LogP contribution in [0.3, 0.4) is 0 Å². The number of hydrogen-bond donors (Lipinski definition) is 2. The number of aromatic nitrogens is 2. The van der Waals surface area contributed by atoms with Crippen LogP contribution in [0.1, 0.15) is 34.0 Å². The van der Waals surface area contributed by atoms with Crippen LogP contribution >= 0.6 is 0 Å². The smallest absolute Gasteiger partial charge is 0.0540 e. The number of nitrogens with zero attached hydrogens (tertiary/aromatic N) is 2. The van der Waals surface area contributed by atoms with E-state index >= 15 is 0 Å². The number of benzene rings is 1. The van der Waals surface area contributed by atoms with Gasteiger partial charge in [-0.3, -0.25) is 16.0 Å². The molecule has 1 heterocycles. The van der Waals surface area contributed by atoms with Crippen LogP contribution in [0, 0.1) is 20.8 Å². The van der Waals surface area contributed by atoms with Gasteiger partial charge >= 0.3 is 0 Å². The molecule has 3 N–H and O–H groups in total. The Morgan fingerprint density at radius 2 is 2.00 bits per heavy atom. The molecule has 0 aliphatic rings. The van der Waals surface area contributed by atoms with Gasteiger partial charge in [-0.05, 0) is 43.9 Å². The number of rotatable bonds is 4. The van der Waals surface area contributed by atoms with Crippen molar-refractivity contribution < 1.29 is 0 Å². The van der Waals surface area contributed by atoms with Crippen LogP contribution in [0.15, 0.2) is 24.4 Å². The van der Waals surface area contributed by atoms with Gasteiger partial charge in [-0.15, -0.1) is 0 Å². The van der Waals surface area contributed by atoms with E-state index in [1.165, 1.54) is 16.7 Å². The van der Waals surface area contributed by atoms with Crippen LogP contribution in [-0.2, 0) is 13.5 Å². The lowest BCUT2D eigenvalue weighted by Crippen LogP contribution is -2.30. The van der Waals surface area contributed by atoms with Gasteiger partial charge in [0.1, 0.15) is 0 Å². The molecule has 1 aromatic carbocycles. The van der Waals surface area contributed by atoms with Crippen LogP contribution < -0.4 is 11.3 Å². The predicted molar refractivity (Wildman–Crippen MR) is 77.6 cm³/mol. The topological polar surface area (TPSA) is 55.9 Å². The number of hydrogen-bond acceptors (Lipinski definition) is 3. The van der Waals surface area contributed by atoms with Gasteiger partial charge in [0.25, 0.3) is 0 Å². The maximum Gasteiger partial charge on any atom is 0.0540 e.